The highest BCUT2D eigenvalue weighted by Crippen LogP contribution is 2.23. The zero-order chi connectivity index (χ0) is 18.1. The Morgan fingerprint density at radius 2 is 1.80 bits per heavy atom. The third kappa shape index (κ3) is 3.42. The highest BCUT2D eigenvalue weighted by atomic mass is 35.5. The summed E-state index contributed by atoms with van der Waals surface area (Å²) in [5.41, 5.74) is 4.04. The van der Waals surface area contributed by atoms with Gasteiger partial charge in [0.25, 0.3) is 5.91 Å². The Morgan fingerprint density at radius 1 is 1.12 bits per heavy atom. The maximum absolute atomic E-state index is 13.1. The number of carbonyl (C=O) groups excluding carboxylic acids is 1. The van der Waals surface area contributed by atoms with Gasteiger partial charge in [-0.25, -0.2) is 9.07 Å². The number of halogens is 2. The zero-order valence-corrected chi connectivity index (χ0v) is 14.9. The normalized spacial score (nSPS) is 10.8. The van der Waals surface area contributed by atoms with Crippen LogP contribution in [0.4, 0.5) is 10.1 Å². The van der Waals surface area contributed by atoms with Crippen molar-refractivity contribution in [3.8, 4) is 5.69 Å². The molecule has 128 valence electrons. The summed E-state index contributed by atoms with van der Waals surface area (Å²) in [6, 6.07) is 11.3. The molecule has 0 saturated heterocycles. The molecule has 3 aromatic rings. The number of hydrogen-bond acceptors (Lipinski definition) is 2. The Hall–Kier alpha value is -2.66. The largest absolute Gasteiger partial charge is 0.322 e. The van der Waals surface area contributed by atoms with E-state index in [-0.39, 0.29) is 11.7 Å². The van der Waals surface area contributed by atoms with Gasteiger partial charge in [-0.3, -0.25) is 4.79 Å². The monoisotopic (exact) mass is 357 g/mol. The van der Waals surface area contributed by atoms with Crippen LogP contribution in [0, 0.1) is 26.6 Å². The molecule has 0 unspecified atom stereocenters. The molecule has 0 atom stereocenters. The summed E-state index contributed by atoms with van der Waals surface area (Å²) in [7, 11) is 0. The third-order valence-electron chi connectivity index (χ3n) is 4.04. The molecule has 4 nitrogen and oxygen atoms in total. The number of aryl methyl sites for hydroxylation is 2. The first-order valence-corrected chi connectivity index (χ1v) is 8.14. The number of anilines is 1. The summed E-state index contributed by atoms with van der Waals surface area (Å²) >= 11 is 6.01. The van der Waals surface area contributed by atoms with Gasteiger partial charge in [-0.1, -0.05) is 17.7 Å². The minimum atomic E-state index is -0.320. The topological polar surface area (TPSA) is 46.9 Å². The number of rotatable bonds is 3. The van der Waals surface area contributed by atoms with Crippen molar-refractivity contribution in [1.82, 2.24) is 9.78 Å². The van der Waals surface area contributed by atoms with Crippen LogP contribution < -0.4 is 5.32 Å². The third-order valence-corrected chi connectivity index (χ3v) is 4.27. The molecule has 1 heterocycles. The maximum atomic E-state index is 13.1. The maximum Gasteiger partial charge on any atom is 0.259 e. The smallest absolute Gasteiger partial charge is 0.259 e. The Balaban J connectivity index is 1.96. The number of aromatic nitrogens is 2. The lowest BCUT2D eigenvalue weighted by Gasteiger charge is -2.09. The molecule has 0 aliphatic heterocycles. The van der Waals surface area contributed by atoms with Gasteiger partial charge in [0.2, 0.25) is 0 Å². The number of nitrogens with one attached hydrogen (secondary N) is 1. The molecule has 2 aromatic carbocycles. The summed E-state index contributed by atoms with van der Waals surface area (Å²) < 4.78 is 14.8. The van der Waals surface area contributed by atoms with Gasteiger partial charge < -0.3 is 5.32 Å². The fourth-order valence-electron chi connectivity index (χ4n) is 2.72. The molecule has 0 saturated carbocycles. The van der Waals surface area contributed by atoms with Gasteiger partial charge >= 0.3 is 0 Å². The van der Waals surface area contributed by atoms with E-state index in [0.29, 0.717) is 33.3 Å². The highest BCUT2D eigenvalue weighted by Gasteiger charge is 2.20. The van der Waals surface area contributed by atoms with Crippen LogP contribution in [0.5, 0.6) is 0 Å². The van der Waals surface area contributed by atoms with Crippen molar-refractivity contribution in [3.63, 3.8) is 0 Å². The quantitative estimate of drug-likeness (QED) is 0.728. The molecule has 25 heavy (non-hydrogen) atoms. The van der Waals surface area contributed by atoms with Gasteiger partial charge in [-0.15, -0.1) is 0 Å². The Bertz CT molecular complexity index is 948. The van der Waals surface area contributed by atoms with E-state index in [1.807, 2.05) is 19.9 Å². The predicted octanol–water partition coefficient (Wildman–Crippen LogP) is 4.84. The molecule has 6 heteroatoms. The van der Waals surface area contributed by atoms with E-state index in [1.165, 1.54) is 12.1 Å². The van der Waals surface area contributed by atoms with Gasteiger partial charge in [0.05, 0.1) is 22.6 Å². The van der Waals surface area contributed by atoms with E-state index < -0.39 is 0 Å². The molecule has 1 amide bonds. The SMILES string of the molecule is Cc1ccc(Cl)cc1NC(=O)c1c(C)nn(-c2ccc(F)cc2)c1C. The molecule has 1 N–H and O–H groups in total. The molecule has 0 bridgehead atoms. The first kappa shape index (κ1) is 17.2. The number of amides is 1. The van der Waals surface area contributed by atoms with Crippen molar-refractivity contribution in [2.24, 2.45) is 0 Å². The number of benzene rings is 2. The van der Waals surface area contributed by atoms with E-state index >= 15 is 0 Å². The lowest BCUT2D eigenvalue weighted by atomic mass is 10.1. The average molecular weight is 358 g/mol. The molecule has 0 radical (unpaired) electrons. The van der Waals surface area contributed by atoms with Gasteiger partial charge in [-0.2, -0.15) is 5.10 Å². The van der Waals surface area contributed by atoms with Gasteiger partial charge in [0.1, 0.15) is 5.82 Å². The first-order chi connectivity index (χ1) is 11.9. The molecule has 1 aromatic heterocycles. The molecular weight excluding hydrogens is 341 g/mol. The summed E-state index contributed by atoms with van der Waals surface area (Å²) in [5.74, 6) is -0.576. The second kappa shape index (κ2) is 6.69. The number of hydrogen-bond donors (Lipinski definition) is 1. The van der Waals surface area contributed by atoms with Gasteiger partial charge in [0, 0.05) is 10.7 Å². The van der Waals surface area contributed by atoms with E-state index in [0.717, 1.165) is 5.56 Å². The van der Waals surface area contributed by atoms with Crippen LogP contribution in [-0.4, -0.2) is 15.7 Å². The summed E-state index contributed by atoms with van der Waals surface area (Å²) in [6.07, 6.45) is 0. The van der Waals surface area contributed by atoms with Crippen LogP contribution in [-0.2, 0) is 0 Å². The predicted molar refractivity (Wildman–Crippen MR) is 97.1 cm³/mol. The fraction of sp³-hybridized carbons (Fsp3) is 0.158. The highest BCUT2D eigenvalue weighted by molar-refractivity contribution is 6.31. The van der Waals surface area contributed by atoms with E-state index in [4.69, 9.17) is 11.6 Å². The van der Waals surface area contributed by atoms with Crippen molar-refractivity contribution >= 4 is 23.2 Å². The van der Waals surface area contributed by atoms with Crippen LogP contribution in [0.15, 0.2) is 42.5 Å². The van der Waals surface area contributed by atoms with Crippen LogP contribution in [0.3, 0.4) is 0 Å². The molecular formula is C19H17ClFN3O. The molecule has 0 aliphatic carbocycles. The lowest BCUT2D eigenvalue weighted by molar-refractivity contribution is 0.102. The second-order valence-electron chi connectivity index (χ2n) is 5.85. The van der Waals surface area contributed by atoms with Gasteiger partial charge in [0.15, 0.2) is 0 Å². The minimum absolute atomic E-state index is 0.256. The van der Waals surface area contributed by atoms with Crippen molar-refractivity contribution < 1.29 is 9.18 Å². The lowest BCUT2D eigenvalue weighted by Crippen LogP contribution is -2.15. The minimum Gasteiger partial charge on any atom is -0.322 e. The number of carbonyl (C=O) groups is 1. The van der Waals surface area contributed by atoms with Crippen LogP contribution in [0.25, 0.3) is 5.69 Å². The van der Waals surface area contributed by atoms with Crippen LogP contribution in [0.2, 0.25) is 5.02 Å². The van der Waals surface area contributed by atoms with Gasteiger partial charge in [-0.05, 0) is 62.7 Å². The standard InChI is InChI=1S/C19H17ClFN3O/c1-11-4-5-14(20)10-17(11)22-19(25)18-12(2)23-24(13(18)3)16-8-6-15(21)7-9-16/h4-10H,1-3H3,(H,22,25). The number of nitrogens with zero attached hydrogens (tertiary/aromatic N) is 2. The van der Waals surface area contributed by atoms with Crippen molar-refractivity contribution in [1.29, 1.82) is 0 Å². The Labute approximate surface area is 150 Å². The summed E-state index contributed by atoms with van der Waals surface area (Å²) in [4.78, 5) is 12.8. The van der Waals surface area contributed by atoms with Crippen molar-refractivity contribution in [2.75, 3.05) is 5.32 Å². The molecule has 0 fully saturated rings. The van der Waals surface area contributed by atoms with Crippen LogP contribution >= 0.6 is 11.6 Å². The van der Waals surface area contributed by atoms with Crippen molar-refractivity contribution in [3.05, 3.63) is 75.8 Å². The summed E-state index contributed by atoms with van der Waals surface area (Å²) in [5, 5.41) is 7.86. The Morgan fingerprint density at radius 3 is 2.48 bits per heavy atom. The Kier molecular flexibility index (Phi) is 4.59. The van der Waals surface area contributed by atoms with E-state index in [2.05, 4.69) is 10.4 Å². The van der Waals surface area contributed by atoms with E-state index in [1.54, 1.807) is 35.9 Å². The van der Waals surface area contributed by atoms with Crippen molar-refractivity contribution in [2.45, 2.75) is 20.8 Å². The first-order valence-electron chi connectivity index (χ1n) is 7.76. The molecule has 3 rings (SSSR count). The summed E-state index contributed by atoms with van der Waals surface area (Å²) in [6.45, 7) is 5.48. The van der Waals surface area contributed by atoms with E-state index in [9.17, 15) is 9.18 Å². The molecule has 0 aliphatic rings. The fourth-order valence-corrected chi connectivity index (χ4v) is 2.89. The second-order valence-corrected chi connectivity index (χ2v) is 6.28. The average Bonchev–Trinajstić information content (AvgIpc) is 2.86. The zero-order valence-electron chi connectivity index (χ0n) is 14.1. The van der Waals surface area contributed by atoms with Crippen LogP contribution in [0.1, 0.15) is 27.3 Å². The molecule has 0 spiro atoms.